The van der Waals surface area contributed by atoms with Gasteiger partial charge in [0, 0.05) is 19.6 Å². The van der Waals surface area contributed by atoms with Gasteiger partial charge in [-0.1, -0.05) is 0 Å². The number of hydrogen-bond donors (Lipinski definition) is 1. The molecule has 1 aliphatic rings. The van der Waals surface area contributed by atoms with Crippen LogP contribution in [0.2, 0.25) is 0 Å². The van der Waals surface area contributed by atoms with Gasteiger partial charge in [-0.15, -0.1) is 0 Å². The Labute approximate surface area is 86.6 Å². The molecule has 1 fully saturated rings. The van der Waals surface area contributed by atoms with Crippen LogP contribution in [0.5, 0.6) is 0 Å². The third kappa shape index (κ3) is 4.40. The fourth-order valence-electron chi connectivity index (χ4n) is 1.23. The van der Waals surface area contributed by atoms with Gasteiger partial charge in [-0.05, 0) is 19.3 Å². The Bertz CT molecular complexity index is 226. The van der Waals surface area contributed by atoms with E-state index in [-0.39, 0.29) is 12.6 Å². The van der Waals surface area contributed by atoms with Crippen molar-refractivity contribution in [2.45, 2.75) is 37.9 Å². The minimum absolute atomic E-state index is 0.158. The minimum atomic E-state index is -4.20. The van der Waals surface area contributed by atoms with Crippen molar-refractivity contribution in [2.24, 2.45) is 0 Å². The van der Waals surface area contributed by atoms with Crippen LogP contribution in [0.25, 0.3) is 0 Å². The molecule has 15 heavy (non-hydrogen) atoms. The van der Waals surface area contributed by atoms with Crippen LogP contribution in [0.3, 0.4) is 0 Å². The number of halogens is 3. The first-order valence-electron chi connectivity index (χ1n) is 4.97. The highest BCUT2D eigenvalue weighted by atomic mass is 19.4. The highest BCUT2D eigenvalue weighted by Crippen LogP contribution is 2.20. The van der Waals surface area contributed by atoms with Gasteiger partial charge in [0.05, 0.1) is 6.42 Å². The topological polar surface area (TPSA) is 32.3 Å². The van der Waals surface area contributed by atoms with E-state index in [0.29, 0.717) is 0 Å². The molecule has 0 atom stereocenters. The van der Waals surface area contributed by atoms with Crippen LogP contribution in [0.4, 0.5) is 18.0 Å². The summed E-state index contributed by atoms with van der Waals surface area (Å²) in [6.07, 6.45) is -2.22. The Morgan fingerprint density at radius 2 is 2.07 bits per heavy atom. The SMILES string of the molecule is CN(CCC(F)(F)F)C(=O)NC1CCC1. The van der Waals surface area contributed by atoms with Crippen LogP contribution in [0, 0.1) is 0 Å². The van der Waals surface area contributed by atoms with Gasteiger partial charge in [-0.25, -0.2) is 4.79 Å². The third-order valence-electron chi connectivity index (χ3n) is 2.51. The molecule has 3 nitrogen and oxygen atoms in total. The Morgan fingerprint density at radius 1 is 1.47 bits per heavy atom. The van der Waals surface area contributed by atoms with Crippen LogP contribution in [0.1, 0.15) is 25.7 Å². The highest BCUT2D eigenvalue weighted by molar-refractivity contribution is 5.74. The molecule has 1 saturated carbocycles. The van der Waals surface area contributed by atoms with Crippen molar-refractivity contribution in [3.63, 3.8) is 0 Å². The van der Waals surface area contributed by atoms with Crippen molar-refractivity contribution in [1.29, 1.82) is 0 Å². The zero-order valence-electron chi connectivity index (χ0n) is 8.60. The number of amides is 2. The van der Waals surface area contributed by atoms with Gasteiger partial charge in [0.1, 0.15) is 0 Å². The van der Waals surface area contributed by atoms with Crippen molar-refractivity contribution >= 4 is 6.03 Å². The smallest absolute Gasteiger partial charge is 0.335 e. The fourth-order valence-corrected chi connectivity index (χ4v) is 1.23. The molecule has 0 aliphatic heterocycles. The predicted molar refractivity (Wildman–Crippen MR) is 49.5 cm³/mol. The number of urea groups is 1. The second-order valence-corrected chi connectivity index (χ2v) is 3.86. The van der Waals surface area contributed by atoms with Gasteiger partial charge in [-0.2, -0.15) is 13.2 Å². The summed E-state index contributed by atoms with van der Waals surface area (Å²) in [5, 5.41) is 2.67. The molecule has 0 radical (unpaired) electrons. The number of nitrogens with one attached hydrogen (secondary N) is 1. The Balaban J connectivity index is 2.20. The van der Waals surface area contributed by atoms with E-state index in [2.05, 4.69) is 5.32 Å². The summed E-state index contributed by atoms with van der Waals surface area (Å²) in [5.41, 5.74) is 0. The van der Waals surface area contributed by atoms with E-state index in [4.69, 9.17) is 0 Å². The summed E-state index contributed by atoms with van der Waals surface area (Å²) in [6.45, 7) is -0.290. The monoisotopic (exact) mass is 224 g/mol. The van der Waals surface area contributed by atoms with Crippen molar-refractivity contribution in [3.05, 3.63) is 0 Å². The van der Waals surface area contributed by atoms with Crippen molar-refractivity contribution in [1.82, 2.24) is 10.2 Å². The number of carbonyl (C=O) groups is 1. The van der Waals surface area contributed by atoms with Gasteiger partial charge in [-0.3, -0.25) is 0 Å². The average Bonchev–Trinajstić information content (AvgIpc) is 2.05. The minimum Gasteiger partial charge on any atom is -0.335 e. The number of alkyl halides is 3. The first-order chi connectivity index (χ1) is 6.88. The van der Waals surface area contributed by atoms with E-state index in [1.807, 2.05) is 0 Å². The third-order valence-corrected chi connectivity index (χ3v) is 2.51. The first-order valence-corrected chi connectivity index (χ1v) is 4.97. The normalized spacial score (nSPS) is 17.1. The van der Waals surface area contributed by atoms with Crippen molar-refractivity contribution < 1.29 is 18.0 Å². The molecule has 0 unspecified atom stereocenters. The lowest BCUT2D eigenvalue weighted by Crippen LogP contribution is -2.46. The molecule has 88 valence electrons. The van der Waals surface area contributed by atoms with Gasteiger partial charge in [0.2, 0.25) is 0 Å². The fraction of sp³-hybridized carbons (Fsp3) is 0.889. The lowest BCUT2D eigenvalue weighted by molar-refractivity contribution is -0.136. The quantitative estimate of drug-likeness (QED) is 0.782. The zero-order chi connectivity index (χ0) is 11.5. The maximum Gasteiger partial charge on any atom is 0.390 e. The molecule has 1 rings (SSSR count). The number of hydrogen-bond acceptors (Lipinski definition) is 1. The molecule has 1 N–H and O–H groups in total. The molecule has 0 spiro atoms. The molecule has 0 saturated heterocycles. The Kier molecular flexibility index (Phi) is 3.82. The Morgan fingerprint density at radius 3 is 2.47 bits per heavy atom. The van der Waals surface area contributed by atoms with Gasteiger partial charge in [0.15, 0.2) is 0 Å². The number of rotatable bonds is 3. The summed E-state index contributed by atoms with van der Waals surface area (Å²) in [4.78, 5) is 12.4. The second-order valence-electron chi connectivity index (χ2n) is 3.86. The number of nitrogens with zero attached hydrogens (tertiary/aromatic N) is 1. The van der Waals surface area contributed by atoms with Crippen LogP contribution in [-0.4, -0.2) is 36.7 Å². The Hall–Kier alpha value is -0.940. The summed E-state index contributed by atoms with van der Waals surface area (Å²) in [7, 11) is 1.37. The van der Waals surface area contributed by atoms with Gasteiger partial charge < -0.3 is 10.2 Å². The van der Waals surface area contributed by atoms with Crippen LogP contribution in [0.15, 0.2) is 0 Å². The average molecular weight is 224 g/mol. The number of carbonyl (C=O) groups excluding carboxylic acids is 1. The molecule has 0 aromatic heterocycles. The molecule has 6 heteroatoms. The van der Waals surface area contributed by atoms with E-state index in [9.17, 15) is 18.0 Å². The van der Waals surface area contributed by atoms with E-state index >= 15 is 0 Å². The van der Waals surface area contributed by atoms with Crippen LogP contribution in [-0.2, 0) is 0 Å². The van der Waals surface area contributed by atoms with Crippen LogP contribution < -0.4 is 5.32 Å². The molecular weight excluding hydrogens is 209 g/mol. The standard InChI is InChI=1S/C9H15F3N2O/c1-14(6-5-9(10,11)12)8(15)13-7-3-2-4-7/h7H,2-6H2,1H3,(H,13,15). The summed E-state index contributed by atoms with van der Waals surface area (Å²) in [5.74, 6) is 0. The van der Waals surface area contributed by atoms with E-state index in [0.717, 1.165) is 24.2 Å². The zero-order valence-corrected chi connectivity index (χ0v) is 8.60. The molecule has 1 aliphatic carbocycles. The van der Waals surface area contributed by atoms with Crippen molar-refractivity contribution in [3.8, 4) is 0 Å². The van der Waals surface area contributed by atoms with E-state index < -0.39 is 18.6 Å². The van der Waals surface area contributed by atoms with E-state index in [1.165, 1.54) is 7.05 Å². The molecular formula is C9H15F3N2O. The summed E-state index contributed by atoms with van der Waals surface area (Å²) in [6, 6.07) is -0.255. The largest absolute Gasteiger partial charge is 0.390 e. The molecule has 0 heterocycles. The lowest BCUT2D eigenvalue weighted by Gasteiger charge is -2.29. The molecule has 0 bridgehead atoms. The molecule has 0 aromatic rings. The summed E-state index contributed by atoms with van der Waals surface area (Å²) < 4.78 is 35.6. The van der Waals surface area contributed by atoms with Crippen LogP contribution >= 0.6 is 0 Å². The van der Waals surface area contributed by atoms with Gasteiger partial charge >= 0.3 is 12.2 Å². The second kappa shape index (κ2) is 4.72. The maximum absolute atomic E-state index is 11.9. The molecule has 0 aromatic carbocycles. The van der Waals surface area contributed by atoms with Gasteiger partial charge in [0.25, 0.3) is 0 Å². The lowest BCUT2D eigenvalue weighted by atomic mass is 9.93. The summed E-state index contributed by atoms with van der Waals surface area (Å²) >= 11 is 0. The highest BCUT2D eigenvalue weighted by Gasteiger charge is 2.28. The van der Waals surface area contributed by atoms with E-state index in [1.54, 1.807) is 0 Å². The van der Waals surface area contributed by atoms with Crippen molar-refractivity contribution in [2.75, 3.05) is 13.6 Å². The maximum atomic E-state index is 11.9. The molecule has 2 amide bonds. The predicted octanol–water partition coefficient (Wildman–Crippen LogP) is 2.13. The first kappa shape index (κ1) is 12.1.